The number of hydrogen-bond donors (Lipinski definition) is 1. The summed E-state index contributed by atoms with van der Waals surface area (Å²) in [5.41, 5.74) is -0.106. The van der Waals surface area contributed by atoms with Gasteiger partial charge in [-0.05, 0) is 50.4 Å². The van der Waals surface area contributed by atoms with Gasteiger partial charge in [0.25, 0.3) is 0 Å². The molecule has 1 aromatic carbocycles. The molecule has 0 aliphatic carbocycles. The van der Waals surface area contributed by atoms with Crippen LogP contribution >= 0.6 is 0 Å². The first-order valence-electron chi connectivity index (χ1n) is 9.00. The van der Waals surface area contributed by atoms with Crippen LogP contribution < -0.4 is 5.32 Å². The first kappa shape index (κ1) is 19.8. The number of hydrogen-bond acceptors (Lipinski definition) is 2. The zero-order valence-electron chi connectivity index (χ0n) is 14.9. The topological polar surface area (TPSA) is 32.3 Å². The summed E-state index contributed by atoms with van der Waals surface area (Å²) < 4.78 is 38.6. The molecular weight excluding hydrogens is 329 g/mol. The lowest BCUT2D eigenvalue weighted by atomic mass is 9.96. The largest absolute Gasteiger partial charge is 0.416 e. The molecule has 2 rings (SSSR count). The minimum atomic E-state index is -4.35. The van der Waals surface area contributed by atoms with Gasteiger partial charge in [0.2, 0.25) is 5.91 Å². The van der Waals surface area contributed by atoms with Crippen molar-refractivity contribution in [2.75, 3.05) is 19.6 Å². The maximum Gasteiger partial charge on any atom is 0.416 e. The minimum absolute atomic E-state index is 0.0474. The summed E-state index contributed by atoms with van der Waals surface area (Å²) in [5.74, 6) is -0.281. The van der Waals surface area contributed by atoms with Gasteiger partial charge in [-0.15, -0.1) is 0 Å². The van der Waals surface area contributed by atoms with Crippen molar-refractivity contribution in [3.05, 3.63) is 35.4 Å². The summed E-state index contributed by atoms with van der Waals surface area (Å²) in [6.45, 7) is 6.36. The number of rotatable bonds is 6. The van der Waals surface area contributed by atoms with Gasteiger partial charge in [-0.25, -0.2) is 0 Å². The Kier molecular flexibility index (Phi) is 6.87. The highest BCUT2D eigenvalue weighted by Gasteiger charge is 2.31. The SMILES string of the molecule is CCCN(C(=O)C(C)Cc1cccc(C(F)(F)F)c1)C1CCNCC1. The van der Waals surface area contributed by atoms with Gasteiger partial charge in [-0.3, -0.25) is 4.79 Å². The number of halogens is 3. The number of nitrogens with one attached hydrogen (secondary N) is 1. The molecule has 0 spiro atoms. The van der Waals surface area contributed by atoms with E-state index in [1.807, 2.05) is 18.7 Å². The molecule has 6 heteroatoms. The monoisotopic (exact) mass is 356 g/mol. The van der Waals surface area contributed by atoms with Crippen LogP contribution in [0.4, 0.5) is 13.2 Å². The number of benzene rings is 1. The molecule has 1 amide bonds. The summed E-state index contributed by atoms with van der Waals surface area (Å²) in [4.78, 5) is 14.8. The molecule has 0 aromatic heterocycles. The smallest absolute Gasteiger partial charge is 0.339 e. The number of nitrogens with zero attached hydrogens (tertiary/aromatic N) is 1. The van der Waals surface area contributed by atoms with E-state index in [4.69, 9.17) is 0 Å². The van der Waals surface area contributed by atoms with E-state index in [9.17, 15) is 18.0 Å². The summed E-state index contributed by atoms with van der Waals surface area (Å²) in [7, 11) is 0. The van der Waals surface area contributed by atoms with Crippen LogP contribution in [0.1, 0.15) is 44.2 Å². The highest BCUT2D eigenvalue weighted by atomic mass is 19.4. The van der Waals surface area contributed by atoms with Crippen molar-refractivity contribution >= 4 is 5.91 Å². The van der Waals surface area contributed by atoms with E-state index in [0.717, 1.165) is 44.5 Å². The Labute approximate surface area is 147 Å². The fourth-order valence-corrected chi connectivity index (χ4v) is 3.43. The van der Waals surface area contributed by atoms with Crippen molar-refractivity contribution in [2.24, 2.45) is 5.92 Å². The van der Waals surface area contributed by atoms with Gasteiger partial charge in [0.1, 0.15) is 0 Å². The molecule has 140 valence electrons. The number of carbonyl (C=O) groups excluding carboxylic acids is 1. The lowest BCUT2D eigenvalue weighted by Crippen LogP contribution is -2.48. The number of piperidine rings is 1. The van der Waals surface area contributed by atoms with Gasteiger partial charge >= 0.3 is 6.18 Å². The quantitative estimate of drug-likeness (QED) is 0.839. The predicted octanol–water partition coefficient (Wildman–Crippen LogP) is 3.87. The molecule has 1 unspecified atom stereocenters. The summed E-state index contributed by atoms with van der Waals surface area (Å²) >= 11 is 0. The minimum Gasteiger partial charge on any atom is -0.339 e. The zero-order chi connectivity index (χ0) is 18.4. The van der Waals surface area contributed by atoms with Crippen molar-refractivity contribution in [1.82, 2.24) is 10.2 Å². The molecule has 0 radical (unpaired) electrons. The molecule has 0 saturated carbocycles. The van der Waals surface area contributed by atoms with Crippen molar-refractivity contribution < 1.29 is 18.0 Å². The Bertz CT molecular complexity index is 568. The molecular formula is C19H27F3N2O. The van der Waals surface area contributed by atoms with Gasteiger partial charge in [0.15, 0.2) is 0 Å². The molecule has 1 aromatic rings. The zero-order valence-corrected chi connectivity index (χ0v) is 14.9. The molecule has 1 aliphatic heterocycles. The number of carbonyl (C=O) groups is 1. The van der Waals surface area contributed by atoms with Gasteiger partial charge in [0.05, 0.1) is 5.56 Å². The molecule has 1 atom stereocenters. The normalized spacial score (nSPS) is 17.3. The molecule has 1 heterocycles. The average Bonchev–Trinajstić information content (AvgIpc) is 2.59. The first-order valence-corrected chi connectivity index (χ1v) is 9.00. The third-order valence-corrected chi connectivity index (χ3v) is 4.71. The second-order valence-corrected chi connectivity index (χ2v) is 6.82. The second kappa shape index (κ2) is 8.70. The van der Waals surface area contributed by atoms with Crippen LogP contribution in [0.2, 0.25) is 0 Å². The van der Waals surface area contributed by atoms with Crippen molar-refractivity contribution in [3.63, 3.8) is 0 Å². The average molecular weight is 356 g/mol. The van der Waals surface area contributed by atoms with Crippen molar-refractivity contribution in [3.8, 4) is 0 Å². The van der Waals surface area contributed by atoms with E-state index in [1.165, 1.54) is 6.07 Å². The Balaban J connectivity index is 2.07. The predicted molar refractivity (Wildman–Crippen MR) is 92.2 cm³/mol. The summed E-state index contributed by atoms with van der Waals surface area (Å²) in [6.07, 6.45) is -1.28. The molecule has 1 fully saturated rings. The lowest BCUT2D eigenvalue weighted by Gasteiger charge is -2.36. The van der Waals surface area contributed by atoms with Gasteiger partial charge in [-0.2, -0.15) is 13.2 Å². The maximum absolute atomic E-state index is 12.9. The highest BCUT2D eigenvalue weighted by molar-refractivity contribution is 5.79. The standard InChI is InChI=1S/C19H27F3N2O/c1-3-11-24(17-7-9-23-10-8-17)18(25)14(2)12-15-5-4-6-16(13-15)19(20,21)22/h4-6,13-14,17,23H,3,7-12H2,1-2H3. The van der Waals surface area contributed by atoms with Crippen molar-refractivity contribution in [1.29, 1.82) is 0 Å². The van der Waals surface area contributed by atoms with E-state index in [2.05, 4.69) is 5.32 Å². The van der Waals surface area contributed by atoms with E-state index >= 15 is 0 Å². The molecule has 1 saturated heterocycles. The van der Waals surface area contributed by atoms with E-state index in [1.54, 1.807) is 6.07 Å². The van der Waals surface area contributed by atoms with Gasteiger partial charge in [-0.1, -0.05) is 32.0 Å². The maximum atomic E-state index is 12.9. The Morgan fingerprint density at radius 3 is 2.60 bits per heavy atom. The van der Waals surface area contributed by atoms with E-state index < -0.39 is 11.7 Å². The van der Waals surface area contributed by atoms with Crippen LogP contribution in [0.15, 0.2) is 24.3 Å². The molecule has 25 heavy (non-hydrogen) atoms. The van der Waals surface area contributed by atoms with Crippen LogP contribution in [0.3, 0.4) is 0 Å². The lowest BCUT2D eigenvalue weighted by molar-refractivity contribution is -0.138. The summed E-state index contributed by atoms with van der Waals surface area (Å²) in [6, 6.07) is 5.52. The van der Waals surface area contributed by atoms with Crippen molar-refractivity contribution in [2.45, 2.75) is 51.7 Å². The van der Waals surface area contributed by atoms with Crippen LogP contribution in [-0.2, 0) is 17.4 Å². The highest BCUT2D eigenvalue weighted by Crippen LogP contribution is 2.30. The molecule has 1 N–H and O–H groups in total. The van der Waals surface area contributed by atoms with Gasteiger partial charge < -0.3 is 10.2 Å². The first-order chi connectivity index (χ1) is 11.8. The van der Waals surface area contributed by atoms with E-state index in [0.29, 0.717) is 18.5 Å². The second-order valence-electron chi connectivity index (χ2n) is 6.82. The number of alkyl halides is 3. The Morgan fingerprint density at radius 2 is 2.00 bits per heavy atom. The van der Waals surface area contributed by atoms with Crippen LogP contribution in [0, 0.1) is 5.92 Å². The molecule has 1 aliphatic rings. The Morgan fingerprint density at radius 1 is 1.32 bits per heavy atom. The van der Waals surface area contributed by atoms with E-state index in [-0.39, 0.29) is 17.9 Å². The fraction of sp³-hybridized carbons (Fsp3) is 0.632. The molecule has 0 bridgehead atoms. The van der Waals surface area contributed by atoms with Crippen LogP contribution in [-0.4, -0.2) is 36.5 Å². The van der Waals surface area contributed by atoms with Crippen LogP contribution in [0.25, 0.3) is 0 Å². The fourth-order valence-electron chi connectivity index (χ4n) is 3.43. The molecule has 3 nitrogen and oxygen atoms in total. The summed E-state index contributed by atoms with van der Waals surface area (Å²) in [5, 5.41) is 3.30. The third-order valence-electron chi connectivity index (χ3n) is 4.71. The van der Waals surface area contributed by atoms with Gasteiger partial charge in [0, 0.05) is 18.5 Å². The number of amides is 1. The van der Waals surface area contributed by atoms with Crippen LogP contribution in [0.5, 0.6) is 0 Å². The Hall–Kier alpha value is -1.56. The third kappa shape index (κ3) is 5.46.